The molecule has 4 aromatic carbocycles. The van der Waals surface area contributed by atoms with Crippen LogP contribution in [0.15, 0.2) is 120 Å². The number of carbonyl (C=O) groups is 3. The molecule has 5 rings (SSSR count). The van der Waals surface area contributed by atoms with Gasteiger partial charge in [0.05, 0.1) is 11.4 Å². The van der Waals surface area contributed by atoms with Crippen LogP contribution < -0.4 is 16.0 Å². The smallest absolute Gasteiger partial charge is 0.272 e. The SMILES string of the molecule is Cc1ccc(/C=C(\NC(=O)c2ccccc2)C(=O)Nc2ccc(SCC(=O)Nc3nc(-c4ccccc4)c(C)s3)cc2)cc1. The second kappa shape index (κ2) is 14.5. The lowest BCUT2D eigenvalue weighted by molar-refractivity contribution is -0.114. The zero-order valence-electron chi connectivity index (χ0n) is 24.2. The predicted molar refractivity (Wildman–Crippen MR) is 180 cm³/mol. The molecule has 0 radical (unpaired) electrons. The van der Waals surface area contributed by atoms with Gasteiger partial charge in [0.1, 0.15) is 5.70 Å². The summed E-state index contributed by atoms with van der Waals surface area (Å²) in [5, 5.41) is 9.07. The number of aromatic nitrogens is 1. The van der Waals surface area contributed by atoms with E-state index in [2.05, 4.69) is 20.9 Å². The van der Waals surface area contributed by atoms with E-state index in [-0.39, 0.29) is 23.3 Å². The number of anilines is 2. The maximum Gasteiger partial charge on any atom is 0.272 e. The van der Waals surface area contributed by atoms with Crippen LogP contribution in [0.25, 0.3) is 17.3 Å². The summed E-state index contributed by atoms with van der Waals surface area (Å²) >= 11 is 2.83. The van der Waals surface area contributed by atoms with Crippen molar-refractivity contribution in [2.75, 3.05) is 16.4 Å². The fraction of sp³-hybridized carbons (Fsp3) is 0.0857. The molecule has 1 heterocycles. The quantitative estimate of drug-likeness (QED) is 0.111. The summed E-state index contributed by atoms with van der Waals surface area (Å²) in [6.45, 7) is 3.97. The Morgan fingerprint density at radius 1 is 0.795 bits per heavy atom. The van der Waals surface area contributed by atoms with Crippen molar-refractivity contribution >= 4 is 57.7 Å². The van der Waals surface area contributed by atoms with Crippen LogP contribution in [-0.2, 0) is 9.59 Å². The zero-order valence-corrected chi connectivity index (χ0v) is 25.8. The van der Waals surface area contributed by atoms with E-state index in [4.69, 9.17) is 0 Å². The van der Waals surface area contributed by atoms with Gasteiger partial charge in [0.15, 0.2) is 5.13 Å². The molecule has 0 saturated heterocycles. The lowest BCUT2D eigenvalue weighted by Crippen LogP contribution is -2.30. The molecular weight excluding hydrogens is 589 g/mol. The first-order chi connectivity index (χ1) is 21.3. The molecule has 0 unspecified atom stereocenters. The third kappa shape index (κ3) is 8.31. The van der Waals surface area contributed by atoms with Crippen LogP contribution in [0.4, 0.5) is 10.8 Å². The van der Waals surface area contributed by atoms with Crippen LogP contribution in [0, 0.1) is 13.8 Å². The molecule has 0 aliphatic heterocycles. The maximum atomic E-state index is 13.3. The number of hydrogen-bond donors (Lipinski definition) is 3. The summed E-state index contributed by atoms with van der Waals surface area (Å²) in [5.74, 6) is -0.780. The number of benzene rings is 4. The summed E-state index contributed by atoms with van der Waals surface area (Å²) in [5.41, 5.74) is 4.87. The zero-order chi connectivity index (χ0) is 30.9. The molecule has 3 N–H and O–H groups in total. The van der Waals surface area contributed by atoms with E-state index < -0.39 is 5.91 Å². The lowest BCUT2D eigenvalue weighted by atomic mass is 10.1. The molecule has 0 fully saturated rings. The lowest BCUT2D eigenvalue weighted by Gasteiger charge is -2.12. The first-order valence-electron chi connectivity index (χ1n) is 13.9. The molecule has 220 valence electrons. The number of nitrogens with zero attached hydrogens (tertiary/aromatic N) is 1. The van der Waals surface area contributed by atoms with Crippen LogP contribution in [0.1, 0.15) is 26.4 Å². The van der Waals surface area contributed by atoms with Gasteiger partial charge in [0, 0.05) is 26.6 Å². The second-order valence-electron chi connectivity index (χ2n) is 9.89. The molecule has 44 heavy (non-hydrogen) atoms. The van der Waals surface area contributed by atoms with Crippen LogP contribution >= 0.6 is 23.1 Å². The minimum atomic E-state index is -0.455. The van der Waals surface area contributed by atoms with E-state index in [9.17, 15) is 14.4 Å². The topological polar surface area (TPSA) is 100 Å². The minimum Gasteiger partial charge on any atom is -0.321 e. The van der Waals surface area contributed by atoms with E-state index in [0.717, 1.165) is 32.2 Å². The Morgan fingerprint density at radius 2 is 1.45 bits per heavy atom. The molecule has 0 aliphatic carbocycles. The number of carbonyl (C=O) groups excluding carboxylic acids is 3. The Hall–Kier alpha value is -4.99. The monoisotopic (exact) mass is 618 g/mol. The van der Waals surface area contributed by atoms with Crippen LogP contribution in [0.2, 0.25) is 0 Å². The van der Waals surface area contributed by atoms with Crippen molar-refractivity contribution in [1.82, 2.24) is 10.3 Å². The number of rotatable bonds is 10. The van der Waals surface area contributed by atoms with Gasteiger partial charge in [-0.05, 0) is 61.9 Å². The van der Waals surface area contributed by atoms with Gasteiger partial charge < -0.3 is 16.0 Å². The molecule has 0 saturated carbocycles. The number of hydrogen-bond acceptors (Lipinski definition) is 6. The fourth-order valence-corrected chi connectivity index (χ4v) is 5.77. The molecule has 0 bridgehead atoms. The van der Waals surface area contributed by atoms with Crippen molar-refractivity contribution < 1.29 is 14.4 Å². The number of amides is 3. The molecule has 0 aliphatic rings. The van der Waals surface area contributed by atoms with E-state index >= 15 is 0 Å². The van der Waals surface area contributed by atoms with Crippen LogP contribution in [-0.4, -0.2) is 28.5 Å². The molecule has 1 aromatic heterocycles. The molecule has 0 spiro atoms. The normalized spacial score (nSPS) is 11.1. The predicted octanol–water partition coefficient (Wildman–Crippen LogP) is 7.57. The molecule has 7 nitrogen and oxygen atoms in total. The first-order valence-corrected chi connectivity index (χ1v) is 15.7. The van der Waals surface area contributed by atoms with Crippen molar-refractivity contribution in [3.05, 3.63) is 136 Å². The first kappa shape index (κ1) is 30.5. The van der Waals surface area contributed by atoms with Gasteiger partial charge in [-0.15, -0.1) is 23.1 Å². The highest BCUT2D eigenvalue weighted by atomic mass is 32.2. The standard InChI is InChI=1S/C35H30N4O3S2/c1-23-13-15-25(16-14-23)21-30(37-33(41)27-11-7-4-8-12-27)34(42)36-28-17-19-29(20-18-28)43-22-31(40)38-35-39-32(24(2)44-35)26-9-5-3-6-10-26/h3-21H,22H2,1-2H3,(H,36,42)(H,37,41)(H,38,39,40)/b30-21-. The third-order valence-electron chi connectivity index (χ3n) is 6.49. The average molecular weight is 619 g/mol. The van der Waals surface area contributed by atoms with Crippen molar-refractivity contribution in [2.24, 2.45) is 0 Å². The molecule has 5 aromatic rings. The summed E-state index contributed by atoms with van der Waals surface area (Å²) in [6.07, 6.45) is 1.64. The van der Waals surface area contributed by atoms with E-state index in [1.165, 1.54) is 23.1 Å². The Bertz CT molecular complexity index is 1780. The van der Waals surface area contributed by atoms with E-state index in [0.29, 0.717) is 16.4 Å². The Kier molecular flexibility index (Phi) is 10.0. The Labute approximate surface area is 264 Å². The minimum absolute atomic E-state index is 0.116. The number of aryl methyl sites for hydroxylation is 2. The third-order valence-corrected chi connectivity index (χ3v) is 8.39. The molecular formula is C35H30N4O3S2. The number of thiazole rings is 1. The number of thioether (sulfide) groups is 1. The van der Waals surface area contributed by atoms with Crippen molar-refractivity contribution in [2.45, 2.75) is 18.7 Å². The van der Waals surface area contributed by atoms with E-state index in [1.54, 1.807) is 42.5 Å². The molecule has 3 amide bonds. The summed E-state index contributed by atoms with van der Waals surface area (Å²) in [7, 11) is 0. The van der Waals surface area contributed by atoms with Crippen LogP contribution in [0.3, 0.4) is 0 Å². The van der Waals surface area contributed by atoms with Crippen molar-refractivity contribution in [3.8, 4) is 11.3 Å². The molecule has 9 heteroatoms. The highest BCUT2D eigenvalue weighted by molar-refractivity contribution is 8.00. The van der Waals surface area contributed by atoms with Crippen molar-refractivity contribution in [3.63, 3.8) is 0 Å². The van der Waals surface area contributed by atoms with Gasteiger partial charge in [-0.25, -0.2) is 4.98 Å². The average Bonchev–Trinajstić information content (AvgIpc) is 3.41. The van der Waals surface area contributed by atoms with Gasteiger partial charge in [0.2, 0.25) is 5.91 Å². The summed E-state index contributed by atoms with van der Waals surface area (Å²) in [4.78, 5) is 45.3. The van der Waals surface area contributed by atoms with Gasteiger partial charge >= 0.3 is 0 Å². The van der Waals surface area contributed by atoms with Gasteiger partial charge in [-0.2, -0.15) is 0 Å². The van der Waals surface area contributed by atoms with Gasteiger partial charge in [-0.3, -0.25) is 14.4 Å². The largest absolute Gasteiger partial charge is 0.321 e. The van der Waals surface area contributed by atoms with Crippen LogP contribution in [0.5, 0.6) is 0 Å². The second-order valence-corrected chi connectivity index (χ2v) is 12.1. The Balaban J connectivity index is 1.19. The van der Waals surface area contributed by atoms with Gasteiger partial charge in [0.25, 0.3) is 11.8 Å². The maximum absolute atomic E-state index is 13.3. The highest BCUT2D eigenvalue weighted by Gasteiger charge is 2.16. The fourth-order valence-electron chi connectivity index (χ4n) is 4.22. The van der Waals surface area contributed by atoms with Crippen molar-refractivity contribution in [1.29, 1.82) is 0 Å². The summed E-state index contributed by atoms with van der Waals surface area (Å²) in [6, 6.07) is 33.5. The Morgan fingerprint density at radius 3 is 2.14 bits per heavy atom. The summed E-state index contributed by atoms with van der Waals surface area (Å²) < 4.78 is 0. The highest BCUT2D eigenvalue weighted by Crippen LogP contribution is 2.30. The molecule has 0 atom stereocenters. The van der Waals surface area contributed by atoms with Gasteiger partial charge in [-0.1, -0.05) is 78.4 Å². The number of nitrogens with one attached hydrogen (secondary N) is 3. The van der Waals surface area contributed by atoms with E-state index in [1.807, 2.05) is 86.6 Å².